The molecule has 10 nitrogen and oxygen atoms in total. The van der Waals surface area contributed by atoms with E-state index >= 15 is 0 Å². The van der Waals surface area contributed by atoms with E-state index in [1.54, 1.807) is 47.9 Å². The first-order valence-electron chi connectivity index (χ1n) is 15.7. The molecule has 0 radical (unpaired) electrons. The molecule has 0 bridgehead atoms. The quantitative estimate of drug-likeness (QED) is 0.0325. The number of fused-ring (bicyclic) bond motifs is 1. The number of Topliss-reactive ketones (excluding diaryl/α,β-unsaturated/α-hetero) is 1. The molecule has 48 heavy (non-hydrogen) atoms. The predicted molar refractivity (Wildman–Crippen MR) is 188 cm³/mol. The summed E-state index contributed by atoms with van der Waals surface area (Å²) in [6.07, 6.45) is 4.76. The van der Waals surface area contributed by atoms with Crippen molar-refractivity contribution in [3.8, 4) is 11.5 Å². The largest absolute Gasteiger partial charge is 0.505 e. The second-order valence-electron chi connectivity index (χ2n) is 11.1. The number of rotatable bonds is 13. The Morgan fingerprint density at radius 3 is 2.62 bits per heavy atom. The van der Waals surface area contributed by atoms with Crippen LogP contribution < -0.4 is 14.4 Å². The van der Waals surface area contributed by atoms with Crippen LogP contribution in [0.5, 0.6) is 11.5 Å². The molecule has 13 heteroatoms. The number of thioether (sulfide) groups is 1. The molecule has 5 aromatic rings. The number of amides is 1. The van der Waals surface area contributed by atoms with E-state index in [9.17, 15) is 14.7 Å². The van der Waals surface area contributed by atoms with Crippen molar-refractivity contribution in [2.75, 3.05) is 18.1 Å². The fraction of sp³-hybridized carbons (Fsp3) is 0.286. The van der Waals surface area contributed by atoms with Gasteiger partial charge in [0.2, 0.25) is 5.13 Å². The minimum absolute atomic E-state index is 0.0895. The molecule has 0 saturated carbocycles. The zero-order valence-electron chi connectivity index (χ0n) is 26.7. The molecule has 1 unspecified atom stereocenters. The molecule has 4 heterocycles. The van der Waals surface area contributed by atoms with Crippen LogP contribution in [0.25, 0.3) is 11.4 Å². The maximum absolute atomic E-state index is 13.9. The van der Waals surface area contributed by atoms with Gasteiger partial charge in [-0.15, -0.1) is 10.2 Å². The molecule has 1 N–H and O–H groups in total. The first kappa shape index (κ1) is 33.5. The number of aliphatic hydroxyl groups is 1. The van der Waals surface area contributed by atoms with Gasteiger partial charge < -0.3 is 14.6 Å². The number of unbranched alkanes of at least 4 members (excludes halogenated alkanes) is 2. The minimum Gasteiger partial charge on any atom is -0.505 e. The van der Waals surface area contributed by atoms with E-state index in [1.165, 1.54) is 28.0 Å². The van der Waals surface area contributed by atoms with Crippen molar-refractivity contribution in [2.45, 2.75) is 56.2 Å². The topological polar surface area (TPSA) is 119 Å². The number of aliphatic hydroxyl groups excluding tert-OH is 1. The summed E-state index contributed by atoms with van der Waals surface area (Å²) in [7, 11) is 0. The van der Waals surface area contributed by atoms with Crippen molar-refractivity contribution >= 4 is 62.9 Å². The van der Waals surface area contributed by atoms with Crippen molar-refractivity contribution in [2.24, 2.45) is 0 Å². The van der Waals surface area contributed by atoms with Crippen molar-refractivity contribution in [3.63, 3.8) is 0 Å². The van der Waals surface area contributed by atoms with Crippen molar-refractivity contribution in [1.29, 1.82) is 0 Å². The lowest BCUT2D eigenvalue weighted by molar-refractivity contribution is -0.132. The number of benzene rings is 2. The number of ether oxygens (including phenoxy) is 2. The molecule has 2 aromatic carbocycles. The molecule has 1 fully saturated rings. The van der Waals surface area contributed by atoms with Crippen LogP contribution in [0.2, 0.25) is 5.02 Å². The van der Waals surface area contributed by atoms with E-state index in [0.717, 1.165) is 24.8 Å². The Labute approximate surface area is 291 Å². The molecule has 0 spiro atoms. The highest BCUT2D eigenvalue weighted by Crippen LogP contribution is 2.46. The molecule has 1 aliphatic rings. The fourth-order valence-corrected chi connectivity index (χ4v) is 7.75. The smallest absolute Gasteiger partial charge is 0.301 e. The van der Waals surface area contributed by atoms with Gasteiger partial charge in [-0.3, -0.25) is 18.9 Å². The zero-order chi connectivity index (χ0) is 33.8. The van der Waals surface area contributed by atoms with Gasteiger partial charge >= 0.3 is 5.91 Å². The van der Waals surface area contributed by atoms with Crippen LogP contribution in [0.4, 0.5) is 5.13 Å². The third kappa shape index (κ3) is 6.65. The summed E-state index contributed by atoms with van der Waals surface area (Å²) in [5, 5.41) is 21.4. The molecule has 6 rings (SSSR count). The number of aromatic nitrogens is 4. The van der Waals surface area contributed by atoms with Gasteiger partial charge in [-0.1, -0.05) is 84.8 Å². The highest BCUT2D eigenvalue weighted by Gasteiger charge is 2.49. The van der Waals surface area contributed by atoms with Gasteiger partial charge in [0.25, 0.3) is 5.78 Å². The van der Waals surface area contributed by atoms with Crippen LogP contribution in [-0.2, 0) is 15.3 Å². The molecule has 0 aliphatic carbocycles. The van der Waals surface area contributed by atoms with Crippen LogP contribution in [0.1, 0.15) is 61.7 Å². The SMILES string of the molecule is CCCCCOc1ccc(C2C(=C(O)c3c(C)nc4ccccn34)C(=O)C(=O)N2c2nnc(SCc3ccccc3Cl)s2)cc1OCC. The highest BCUT2D eigenvalue weighted by atomic mass is 35.5. The van der Waals surface area contributed by atoms with Crippen LogP contribution in [-0.4, -0.2) is 49.6 Å². The second kappa shape index (κ2) is 14.8. The average Bonchev–Trinajstić information content (AvgIpc) is 3.76. The van der Waals surface area contributed by atoms with Gasteiger partial charge in [0, 0.05) is 17.0 Å². The third-order valence-electron chi connectivity index (χ3n) is 7.87. The normalized spacial score (nSPS) is 15.8. The number of hydrogen-bond acceptors (Lipinski definition) is 10. The first-order chi connectivity index (χ1) is 23.3. The minimum atomic E-state index is -1.04. The number of hydrogen-bond donors (Lipinski definition) is 1. The number of imidazole rings is 1. The lowest BCUT2D eigenvalue weighted by Crippen LogP contribution is -2.29. The standard InChI is InChI=1S/C35H34ClN5O5S2/c1-4-6-11-18-46-25-16-15-22(19-26(25)45-5-2)30-28(31(42)29-21(3)37-27-14-9-10-17-40(27)29)32(43)33(44)41(30)34-38-39-35(48-34)47-20-23-12-7-8-13-24(23)36/h7-10,12-17,19,30,42H,4-6,11,18,20H2,1-3H3. The molecule has 1 saturated heterocycles. The molecule has 248 valence electrons. The fourth-order valence-electron chi connectivity index (χ4n) is 5.60. The van der Waals surface area contributed by atoms with E-state index in [-0.39, 0.29) is 16.5 Å². The monoisotopic (exact) mass is 703 g/mol. The molecule has 1 amide bonds. The first-order valence-corrected chi connectivity index (χ1v) is 17.8. The van der Waals surface area contributed by atoms with Gasteiger partial charge in [-0.25, -0.2) is 4.98 Å². The van der Waals surface area contributed by atoms with Crippen LogP contribution >= 0.6 is 34.7 Å². The van der Waals surface area contributed by atoms with Gasteiger partial charge in [0.05, 0.1) is 30.5 Å². The molecular formula is C35H34ClN5O5S2. The van der Waals surface area contributed by atoms with Crippen LogP contribution in [0.3, 0.4) is 0 Å². The summed E-state index contributed by atoms with van der Waals surface area (Å²) < 4.78 is 14.3. The lowest BCUT2D eigenvalue weighted by Gasteiger charge is -2.23. The molecule has 1 atom stereocenters. The number of carbonyl (C=O) groups is 2. The zero-order valence-corrected chi connectivity index (χ0v) is 29.1. The van der Waals surface area contributed by atoms with Crippen molar-refractivity contribution < 1.29 is 24.2 Å². The number of anilines is 1. The molecular weight excluding hydrogens is 670 g/mol. The lowest BCUT2D eigenvalue weighted by atomic mass is 9.96. The average molecular weight is 704 g/mol. The van der Waals surface area contributed by atoms with Crippen LogP contribution in [0, 0.1) is 6.92 Å². The molecule has 3 aromatic heterocycles. The maximum Gasteiger partial charge on any atom is 0.301 e. The van der Waals surface area contributed by atoms with E-state index in [2.05, 4.69) is 22.1 Å². The summed E-state index contributed by atoms with van der Waals surface area (Å²) in [6, 6.07) is 17.3. The Bertz CT molecular complexity index is 2010. The van der Waals surface area contributed by atoms with Crippen LogP contribution in [0.15, 0.2) is 76.8 Å². The Morgan fingerprint density at radius 2 is 1.83 bits per heavy atom. The summed E-state index contributed by atoms with van der Waals surface area (Å²) in [6.45, 7) is 6.65. The summed E-state index contributed by atoms with van der Waals surface area (Å²) >= 11 is 8.96. The highest BCUT2D eigenvalue weighted by molar-refractivity contribution is 8.00. The maximum atomic E-state index is 13.9. The number of ketones is 1. The Balaban J connectivity index is 1.44. The Morgan fingerprint density at radius 1 is 1.02 bits per heavy atom. The van der Waals surface area contributed by atoms with Crippen molar-refractivity contribution in [1.82, 2.24) is 19.6 Å². The van der Waals surface area contributed by atoms with E-state index < -0.39 is 17.7 Å². The second-order valence-corrected chi connectivity index (χ2v) is 13.7. The summed E-state index contributed by atoms with van der Waals surface area (Å²) in [5.74, 6) is -0.447. The van der Waals surface area contributed by atoms with Gasteiger partial charge in [0.1, 0.15) is 11.3 Å². The molecule has 1 aliphatic heterocycles. The summed E-state index contributed by atoms with van der Waals surface area (Å²) in [4.78, 5) is 33.7. The number of aryl methyl sites for hydroxylation is 1. The number of halogens is 1. The predicted octanol–water partition coefficient (Wildman–Crippen LogP) is 8.03. The summed E-state index contributed by atoms with van der Waals surface area (Å²) in [5.41, 5.74) is 2.80. The number of carbonyl (C=O) groups excluding carboxylic acids is 2. The number of nitrogens with zero attached hydrogens (tertiary/aromatic N) is 5. The Kier molecular flexibility index (Phi) is 10.3. The van der Waals surface area contributed by atoms with Gasteiger partial charge in [-0.2, -0.15) is 0 Å². The Hall–Kier alpha value is -4.39. The van der Waals surface area contributed by atoms with Crippen molar-refractivity contribution in [3.05, 3.63) is 100.0 Å². The van der Waals surface area contributed by atoms with E-state index in [0.29, 0.717) is 62.4 Å². The van der Waals surface area contributed by atoms with E-state index in [4.69, 9.17) is 21.1 Å². The van der Waals surface area contributed by atoms with Gasteiger partial charge in [0.15, 0.2) is 21.6 Å². The number of pyridine rings is 1. The van der Waals surface area contributed by atoms with E-state index in [1.807, 2.05) is 37.3 Å². The third-order valence-corrected chi connectivity index (χ3v) is 10.3. The van der Waals surface area contributed by atoms with Gasteiger partial charge in [-0.05, 0) is 61.7 Å².